The second-order valence-corrected chi connectivity index (χ2v) is 5.08. The van der Waals surface area contributed by atoms with Gasteiger partial charge < -0.3 is 15.4 Å². The summed E-state index contributed by atoms with van der Waals surface area (Å²) in [6, 6.07) is 8.58. The van der Waals surface area contributed by atoms with Gasteiger partial charge in [-0.15, -0.1) is 0 Å². The van der Waals surface area contributed by atoms with Crippen LogP contribution in [0.1, 0.15) is 31.4 Å². The average Bonchev–Trinajstić information content (AvgIpc) is 2.45. The number of methoxy groups -OCH3 is 1. The third kappa shape index (κ3) is 3.47. The molecule has 1 aromatic rings. The van der Waals surface area contributed by atoms with E-state index >= 15 is 0 Å². The largest absolute Gasteiger partial charge is 0.496 e. The summed E-state index contributed by atoms with van der Waals surface area (Å²) < 4.78 is 5.41. The zero-order valence-electron chi connectivity index (χ0n) is 11.4. The maximum atomic E-state index is 5.41. The second kappa shape index (κ2) is 6.76. The van der Waals surface area contributed by atoms with Crippen LogP contribution in [-0.2, 0) is 0 Å². The monoisotopic (exact) mass is 248 g/mol. The Balaban J connectivity index is 1.88. The summed E-state index contributed by atoms with van der Waals surface area (Å²) in [5.41, 5.74) is 1.24. The van der Waals surface area contributed by atoms with Crippen LogP contribution in [0.5, 0.6) is 5.75 Å². The molecule has 0 amide bonds. The quantitative estimate of drug-likeness (QED) is 0.839. The Bertz CT molecular complexity index is 361. The lowest BCUT2D eigenvalue weighted by Crippen LogP contribution is -2.36. The molecule has 1 aliphatic rings. The first-order valence-corrected chi connectivity index (χ1v) is 6.88. The van der Waals surface area contributed by atoms with Crippen LogP contribution in [0.3, 0.4) is 0 Å². The first-order chi connectivity index (χ1) is 8.81. The van der Waals surface area contributed by atoms with E-state index in [2.05, 4.69) is 29.7 Å². The van der Waals surface area contributed by atoms with Gasteiger partial charge in [-0.05, 0) is 51.4 Å². The molecule has 2 rings (SSSR count). The highest BCUT2D eigenvalue weighted by atomic mass is 16.5. The van der Waals surface area contributed by atoms with E-state index in [9.17, 15) is 0 Å². The Hall–Kier alpha value is -1.06. The normalized spacial score (nSPS) is 21.6. The third-order valence-electron chi connectivity index (χ3n) is 3.72. The molecule has 100 valence electrons. The van der Waals surface area contributed by atoms with Crippen LogP contribution in [0.15, 0.2) is 24.3 Å². The van der Waals surface area contributed by atoms with Gasteiger partial charge >= 0.3 is 0 Å². The van der Waals surface area contributed by atoms with Crippen molar-refractivity contribution in [3.05, 3.63) is 29.8 Å². The molecule has 1 aromatic carbocycles. The molecule has 0 aromatic heterocycles. The summed E-state index contributed by atoms with van der Waals surface area (Å²) in [5.74, 6) is 1.73. The van der Waals surface area contributed by atoms with Gasteiger partial charge in [0.1, 0.15) is 5.75 Å². The maximum Gasteiger partial charge on any atom is 0.123 e. The van der Waals surface area contributed by atoms with Gasteiger partial charge in [0, 0.05) is 11.6 Å². The van der Waals surface area contributed by atoms with Gasteiger partial charge in [-0.25, -0.2) is 0 Å². The molecule has 3 heteroatoms. The Labute approximate surface area is 110 Å². The van der Waals surface area contributed by atoms with Crippen molar-refractivity contribution in [1.82, 2.24) is 10.6 Å². The fourth-order valence-electron chi connectivity index (χ4n) is 2.58. The lowest BCUT2D eigenvalue weighted by molar-refractivity contribution is 0.344. The van der Waals surface area contributed by atoms with Crippen molar-refractivity contribution in [2.45, 2.75) is 25.8 Å². The van der Waals surface area contributed by atoms with E-state index in [-0.39, 0.29) is 0 Å². The van der Waals surface area contributed by atoms with Crippen molar-refractivity contribution in [2.24, 2.45) is 5.92 Å². The molecule has 2 unspecified atom stereocenters. The summed E-state index contributed by atoms with van der Waals surface area (Å²) >= 11 is 0. The minimum absolute atomic E-state index is 0.336. The number of ether oxygens (including phenoxy) is 1. The van der Waals surface area contributed by atoms with E-state index in [0.717, 1.165) is 24.8 Å². The van der Waals surface area contributed by atoms with Crippen molar-refractivity contribution in [3.63, 3.8) is 0 Å². The highest BCUT2D eigenvalue weighted by Gasteiger charge is 2.15. The molecule has 0 radical (unpaired) electrons. The molecule has 1 heterocycles. The lowest BCUT2D eigenvalue weighted by Gasteiger charge is -2.25. The van der Waals surface area contributed by atoms with Gasteiger partial charge in [0.2, 0.25) is 0 Å². The molecule has 0 spiro atoms. The van der Waals surface area contributed by atoms with E-state index in [1.807, 2.05) is 12.1 Å². The lowest BCUT2D eigenvalue weighted by atomic mass is 9.98. The van der Waals surface area contributed by atoms with Gasteiger partial charge in [-0.1, -0.05) is 18.2 Å². The van der Waals surface area contributed by atoms with Crippen LogP contribution in [0.4, 0.5) is 0 Å². The van der Waals surface area contributed by atoms with Crippen molar-refractivity contribution in [3.8, 4) is 5.75 Å². The third-order valence-corrected chi connectivity index (χ3v) is 3.72. The minimum Gasteiger partial charge on any atom is -0.496 e. The molecule has 0 saturated carbocycles. The van der Waals surface area contributed by atoms with Crippen LogP contribution in [0.25, 0.3) is 0 Å². The molecule has 2 atom stereocenters. The minimum atomic E-state index is 0.336. The highest BCUT2D eigenvalue weighted by molar-refractivity contribution is 5.35. The second-order valence-electron chi connectivity index (χ2n) is 5.08. The summed E-state index contributed by atoms with van der Waals surface area (Å²) in [5, 5.41) is 7.08. The zero-order valence-corrected chi connectivity index (χ0v) is 11.4. The number of piperidine rings is 1. The summed E-state index contributed by atoms with van der Waals surface area (Å²) in [6.07, 6.45) is 2.63. The Morgan fingerprint density at radius 1 is 1.44 bits per heavy atom. The number of hydrogen-bond donors (Lipinski definition) is 2. The van der Waals surface area contributed by atoms with Crippen molar-refractivity contribution in [2.75, 3.05) is 26.7 Å². The highest BCUT2D eigenvalue weighted by Crippen LogP contribution is 2.24. The van der Waals surface area contributed by atoms with Crippen molar-refractivity contribution < 1.29 is 4.74 Å². The summed E-state index contributed by atoms with van der Waals surface area (Å²) in [6.45, 7) is 5.60. The van der Waals surface area contributed by atoms with Crippen LogP contribution in [0.2, 0.25) is 0 Å². The Morgan fingerprint density at radius 2 is 2.28 bits per heavy atom. The number of nitrogens with one attached hydrogen (secondary N) is 2. The fourth-order valence-corrected chi connectivity index (χ4v) is 2.58. The van der Waals surface area contributed by atoms with E-state index in [1.165, 1.54) is 24.9 Å². The molecule has 0 aliphatic carbocycles. The fraction of sp³-hybridized carbons (Fsp3) is 0.600. The molecule has 0 bridgehead atoms. The summed E-state index contributed by atoms with van der Waals surface area (Å²) in [4.78, 5) is 0. The van der Waals surface area contributed by atoms with E-state index in [4.69, 9.17) is 4.74 Å². The van der Waals surface area contributed by atoms with Gasteiger partial charge in [-0.2, -0.15) is 0 Å². The van der Waals surface area contributed by atoms with Crippen LogP contribution < -0.4 is 15.4 Å². The van der Waals surface area contributed by atoms with E-state index in [1.54, 1.807) is 7.11 Å². The van der Waals surface area contributed by atoms with Crippen molar-refractivity contribution >= 4 is 0 Å². The number of hydrogen-bond acceptors (Lipinski definition) is 3. The van der Waals surface area contributed by atoms with E-state index < -0.39 is 0 Å². The molecule has 2 N–H and O–H groups in total. The molecule has 3 nitrogen and oxygen atoms in total. The smallest absolute Gasteiger partial charge is 0.123 e. The molecular formula is C15H24N2O. The average molecular weight is 248 g/mol. The van der Waals surface area contributed by atoms with Gasteiger partial charge in [0.05, 0.1) is 7.11 Å². The van der Waals surface area contributed by atoms with Gasteiger partial charge in [-0.3, -0.25) is 0 Å². The first kappa shape index (κ1) is 13.4. The molecule has 18 heavy (non-hydrogen) atoms. The predicted molar refractivity (Wildman–Crippen MR) is 75.0 cm³/mol. The first-order valence-electron chi connectivity index (χ1n) is 6.88. The van der Waals surface area contributed by atoms with Crippen LogP contribution in [-0.4, -0.2) is 26.7 Å². The standard InChI is InChI=1S/C15H24N2O/c1-12(14-7-3-4-8-15(14)18-2)17-11-13-6-5-9-16-10-13/h3-4,7-8,12-13,16-17H,5-6,9-11H2,1-2H3. The van der Waals surface area contributed by atoms with E-state index in [0.29, 0.717) is 6.04 Å². The molecule has 1 aliphatic heterocycles. The maximum absolute atomic E-state index is 5.41. The molecular weight excluding hydrogens is 224 g/mol. The van der Waals surface area contributed by atoms with Gasteiger partial charge in [0.25, 0.3) is 0 Å². The Morgan fingerprint density at radius 3 is 3.00 bits per heavy atom. The number of benzene rings is 1. The van der Waals surface area contributed by atoms with Crippen LogP contribution >= 0.6 is 0 Å². The predicted octanol–water partition coefficient (Wildman–Crippen LogP) is 2.35. The van der Waals surface area contributed by atoms with Gasteiger partial charge in [0.15, 0.2) is 0 Å². The molecule has 1 fully saturated rings. The molecule has 1 saturated heterocycles. The number of rotatable bonds is 5. The SMILES string of the molecule is COc1ccccc1C(C)NCC1CCCNC1. The topological polar surface area (TPSA) is 33.3 Å². The summed E-state index contributed by atoms with van der Waals surface area (Å²) in [7, 11) is 1.73. The van der Waals surface area contributed by atoms with Crippen molar-refractivity contribution in [1.29, 1.82) is 0 Å². The number of para-hydroxylation sites is 1. The zero-order chi connectivity index (χ0) is 12.8. The Kier molecular flexibility index (Phi) is 5.02. The van der Waals surface area contributed by atoms with Crippen LogP contribution in [0, 0.1) is 5.92 Å².